The zero-order valence-electron chi connectivity index (χ0n) is 20.3. The first-order chi connectivity index (χ1) is 16.2. The first-order valence-electron chi connectivity index (χ1n) is 11.0. The predicted octanol–water partition coefficient (Wildman–Crippen LogP) is 4.31. The average Bonchev–Trinajstić information content (AvgIpc) is 3.28. The molecule has 0 radical (unpaired) electrons. The number of carbonyl (C=O) groups is 1. The van der Waals surface area contributed by atoms with E-state index in [0.717, 1.165) is 17.7 Å². The third-order valence-corrected chi connectivity index (χ3v) is 9.55. The molecule has 0 saturated heterocycles. The lowest BCUT2D eigenvalue weighted by Crippen LogP contribution is -2.46. The highest BCUT2D eigenvalue weighted by Crippen LogP contribution is 2.35. The van der Waals surface area contributed by atoms with E-state index < -0.39 is 14.0 Å². The van der Waals surface area contributed by atoms with E-state index in [1.807, 2.05) is 6.92 Å². The van der Waals surface area contributed by atoms with Gasteiger partial charge in [-0.2, -0.15) is 9.97 Å². The van der Waals surface area contributed by atoms with Crippen molar-refractivity contribution in [3.05, 3.63) is 41.2 Å². The second kappa shape index (κ2) is 9.38. The van der Waals surface area contributed by atoms with E-state index in [0.29, 0.717) is 0 Å². The van der Waals surface area contributed by atoms with Gasteiger partial charge in [0.05, 0.1) is 29.4 Å². The summed E-state index contributed by atoms with van der Waals surface area (Å²) in [6, 6.07) is 8.89. The van der Waals surface area contributed by atoms with Gasteiger partial charge >= 0.3 is 6.01 Å². The van der Waals surface area contributed by atoms with Crippen LogP contribution in [0.5, 0.6) is 29.5 Å². The maximum atomic E-state index is 12.8. The molecule has 3 heterocycles. The number of amides is 1. The topological polar surface area (TPSA) is 105 Å². The van der Waals surface area contributed by atoms with Crippen molar-refractivity contribution in [3.8, 4) is 29.5 Å². The fraction of sp³-hybridized carbons (Fsp3) is 0.375. The fourth-order valence-electron chi connectivity index (χ4n) is 4.21. The minimum absolute atomic E-state index is 0.0480. The van der Waals surface area contributed by atoms with Gasteiger partial charge in [-0.1, -0.05) is 36.8 Å². The quantitative estimate of drug-likeness (QED) is 0.496. The van der Waals surface area contributed by atoms with E-state index in [-0.39, 0.29) is 35.2 Å². The van der Waals surface area contributed by atoms with Gasteiger partial charge in [0.15, 0.2) is 11.4 Å². The molecule has 1 aliphatic rings. The van der Waals surface area contributed by atoms with E-state index in [9.17, 15) is 4.79 Å². The molecule has 180 valence electrons. The van der Waals surface area contributed by atoms with E-state index in [1.165, 1.54) is 50.6 Å². The van der Waals surface area contributed by atoms with E-state index in [1.54, 1.807) is 6.07 Å². The van der Waals surface area contributed by atoms with Crippen LogP contribution in [0.3, 0.4) is 0 Å². The highest BCUT2D eigenvalue weighted by molar-refractivity contribution is 6.90. The number of aromatic nitrogens is 2. The number of anilines is 1. The van der Waals surface area contributed by atoms with Crippen LogP contribution in [0.1, 0.15) is 28.1 Å². The van der Waals surface area contributed by atoms with Crippen LogP contribution in [0.15, 0.2) is 28.7 Å². The molecular formula is C24H29N3O6Si. The Hall–Kier alpha value is -3.53. The highest BCUT2D eigenvalue weighted by Gasteiger charge is 2.30. The lowest BCUT2D eigenvalue weighted by molar-refractivity contribution is 0.0990. The van der Waals surface area contributed by atoms with Crippen LogP contribution in [0.25, 0.3) is 0 Å². The number of nitrogens with one attached hydrogen (secondary N) is 1. The Bertz CT molecular complexity index is 1200. The number of hydrogen-bond acceptors (Lipinski definition) is 8. The molecule has 0 atom stereocenters. The maximum Gasteiger partial charge on any atom is 0.322 e. The third-order valence-electron chi connectivity index (χ3n) is 6.02. The number of nitrogens with zero attached hydrogens (tertiary/aromatic N) is 2. The van der Waals surface area contributed by atoms with Crippen LogP contribution in [-0.2, 0) is 6.42 Å². The van der Waals surface area contributed by atoms with Gasteiger partial charge in [0.2, 0.25) is 11.8 Å². The van der Waals surface area contributed by atoms with Crippen molar-refractivity contribution in [1.82, 2.24) is 9.97 Å². The molecule has 3 aromatic rings. The van der Waals surface area contributed by atoms with Gasteiger partial charge in [-0.05, 0) is 36.6 Å². The number of aryl methyl sites for hydroxylation is 2. The number of ether oxygens (including phenoxy) is 4. The SMILES string of the molecule is COc1nc(OC)c(NC(=O)c2ccc(Oc3cc4c(cc3C)[Si](C)(C)CCC4)o2)c(OC)n1. The molecule has 34 heavy (non-hydrogen) atoms. The summed E-state index contributed by atoms with van der Waals surface area (Å²) in [5.74, 6) is 0.672. The van der Waals surface area contributed by atoms with Crippen molar-refractivity contribution in [3.63, 3.8) is 0 Å². The summed E-state index contributed by atoms with van der Waals surface area (Å²) in [5, 5.41) is 4.18. The van der Waals surface area contributed by atoms with Crippen LogP contribution in [0, 0.1) is 6.92 Å². The summed E-state index contributed by atoms with van der Waals surface area (Å²) in [4.78, 5) is 21.0. The molecule has 0 saturated carbocycles. The van der Waals surface area contributed by atoms with Gasteiger partial charge in [-0.3, -0.25) is 4.79 Å². The second-order valence-electron chi connectivity index (χ2n) is 8.79. The number of furan rings is 1. The maximum absolute atomic E-state index is 12.8. The van der Waals surface area contributed by atoms with Gasteiger partial charge in [-0.25, -0.2) is 0 Å². The number of carbonyl (C=O) groups excluding carboxylic acids is 1. The minimum atomic E-state index is -1.40. The fourth-order valence-corrected chi connectivity index (χ4v) is 7.21. The number of benzene rings is 1. The molecule has 1 amide bonds. The summed E-state index contributed by atoms with van der Waals surface area (Å²) in [5.41, 5.74) is 2.56. The standard InChI is InChI=1S/C24H29N3O6Si/c1-14-12-18-15(8-7-11-34(18,5)6)13-17(14)33-19-10-9-16(32-19)21(28)25-20-22(29-2)26-24(31-4)27-23(20)30-3/h9-10,12-13H,7-8,11H2,1-6H3,(H,25,28). The molecule has 0 unspecified atom stereocenters. The Morgan fingerprint density at radius 1 is 1.06 bits per heavy atom. The molecule has 10 heteroatoms. The lowest BCUT2D eigenvalue weighted by atomic mass is 10.1. The zero-order chi connectivity index (χ0) is 24.5. The minimum Gasteiger partial charge on any atom is -0.479 e. The molecule has 2 aromatic heterocycles. The summed E-state index contributed by atoms with van der Waals surface area (Å²) in [6.07, 6.45) is 2.27. The van der Waals surface area contributed by atoms with Crippen LogP contribution in [-0.4, -0.2) is 45.3 Å². The first-order valence-corrected chi connectivity index (χ1v) is 14.2. The number of fused-ring (bicyclic) bond motifs is 1. The van der Waals surface area contributed by atoms with Crippen molar-refractivity contribution in [1.29, 1.82) is 0 Å². The summed E-state index contributed by atoms with van der Waals surface area (Å²) in [6.45, 7) is 6.87. The van der Waals surface area contributed by atoms with E-state index >= 15 is 0 Å². The summed E-state index contributed by atoms with van der Waals surface area (Å²) < 4.78 is 27.2. The Morgan fingerprint density at radius 3 is 2.41 bits per heavy atom. The average molecular weight is 484 g/mol. The summed E-state index contributed by atoms with van der Waals surface area (Å²) in [7, 11) is 2.86. The third kappa shape index (κ3) is 4.58. The number of rotatable bonds is 7. The lowest BCUT2D eigenvalue weighted by Gasteiger charge is -2.31. The second-order valence-corrected chi connectivity index (χ2v) is 13.6. The Morgan fingerprint density at radius 2 is 1.76 bits per heavy atom. The molecule has 0 spiro atoms. The summed E-state index contributed by atoms with van der Waals surface area (Å²) >= 11 is 0. The Balaban J connectivity index is 1.54. The van der Waals surface area contributed by atoms with Crippen molar-refractivity contribution in [2.45, 2.75) is 38.9 Å². The Kier molecular flexibility index (Phi) is 6.51. The highest BCUT2D eigenvalue weighted by atomic mass is 28.3. The van der Waals surface area contributed by atoms with Gasteiger partial charge in [-0.15, -0.1) is 0 Å². The van der Waals surface area contributed by atoms with Crippen molar-refractivity contribution < 1.29 is 28.2 Å². The Labute approximate surface area is 199 Å². The molecule has 1 N–H and O–H groups in total. The normalized spacial score (nSPS) is 14.2. The largest absolute Gasteiger partial charge is 0.479 e. The smallest absolute Gasteiger partial charge is 0.322 e. The molecule has 1 aromatic carbocycles. The number of methoxy groups -OCH3 is 3. The first kappa shape index (κ1) is 23.6. The van der Waals surface area contributed by atoms with Crippen LogP contribution < -0.4 is 29.5 Å². The van der Waals surface area contributed by atoms with Gasteiger partial charge in [0.25, 0.3) is 11.9 Å². The molecule has 0 aliphatic carbocycles. The zero-order valence-corrected chi connectivity index (χ0v) is 21.3. The predicted molar refractivity (Wildman–Crippen MR) is 130 cm³/mol. The molecular weight excluding hydrogens is 454 g/mol. The van der Waals surface area contributed by atoms with Crippen LogP contribution in [0.4, 0.5) is 5.69 Å². The van der Waals surface area contributed by atoms with E-state index in [4.69, 9.17) is 23.4 Å². The van der Waals surface area contributed by atoms with Crippen molar-refractivity contribution in [2.24, 2.45) is 0 Å². The molecule has 0 bridgehead atoms. The van der Waals surface area contributed by atoms with Crippen molar-refractivity contribution in [2.75, 3.05) is 26.6 Å². The molecule has 0 fully saturated rings. The van der Waals surface area contributed by atoms with E-state index in [2.05, 4.69) is 40.5 Å². The molecule has 9 nitrogen and oxygen atoms in total. The number of hydrogen-bond donors (Lipinski definition) is 1. The van der Waals surface area contributed by atoms with Crippen LogP contribution in [0.2, 0.25) is 19.1 Å². The van der Waals surface area contributed by atoms with Gasteiger partial charge < -0.3 is 28.7 Å². The molecule has 1 aliphatic heterocycles. The van der Waals surface area contributed by atoms with Crippen LogP contribution >= 0.6 is 0 Å². The molecule has 4 rings (SSSR count). The van der Waals surface area contributed by atoms with Gasteiger partial charge in [0.1, 0.15) is 5.75 Å². The monoisotopic (exact) mass is 483 g/mol. The van der Waals surface area contributed by atoms with Crippen molar-refractivity contribution >= 4 is 24.9 Å². The van der Waals surface area contributed by atoms with Gasteiger partial charge in [0, 0.05) is 6.07 Å².